The number of nitrogens with one attached hydrogen (secondary N) is 1. The molecule has 0 atom stereocenters. The molecule has 0 saturated heterocycles. The molecule has 9 heteroatoms. The zero-order chi connectivity index (χ0) is 17.9. The zero-order valence-corrected chi connectivity index (χ0v) is 16.4. The van der Waals surface area contributed by atoms with E-state index < -0.39 is 0 Å². The maximum absolute atomic E-state index is 12.1. The topological polar surface area (TPSA) is 80.9 Å². The highest BCUT2D eigenvalue weighted by Gasteiger charge is 2.12. The molecule has 2 aromatic carbocycles. The fourth-order valence-electron chi connectivity index (χ4n) is 2.19. The summed E-state index contributed by atoms with van der Waals surface area (Å²) in [5.74, 6) is 0.418. The lowest BCUT2D eigenvalue weighted by atomic mass is 10.2. The second-order valence-electron chi connectivity index (χ2n) is 5.20. The molecule has 2 heterocycles. The molecular weight excluding hydrogens is 436 g/mol. The molecule has 26 heavy (non-hydrogen) atoms. The van der Waals surface area contributed by atoms with Gasteiger partial charge >= 0.3 is 0 Å². The molecule has 1 amide bonds. The van der Waals surface area contributed by atoms with E-state index in [0.717, 1.165) is 20.3 Å². The molecule has 0 aliphatic rings. The number of benzene rings is 2. The van der Waals surface area contributed by atoms with Gasteiger partial charge in [-0.1, -0.05) is 51.2 Å². The van der Waals surface area contributed by atoms with Gasteiger partial charge in [-0.3, -0.25) is 4.79 Å². The number of para-hydroxylation sites is 1. The number of carbonyl (C=O) groups excluding carboxylic acids is 1. The van der Waals surface area contributed by atoms with Crippen LogP contribution in [0.15, 0.2) is 62.6 Å². The molecule has 2 aromatic heterocycles. The van der Waals surface area contributed by atoms with Gasteiger partial charge in [-0.25, -0.2) is 4.98 Å². The summed E-state index contributed by atoms with van der Waals surface area (Å²) >= 11 is 6.01. The summed E-state index contributed by atoms with van der Waals surface area (Å²) in [7, 11) is 0. The number of rotatable bonds is 5. The van der Waals surface area contributed by atoms with Gasteiger partial charge in [-0.2, -0.15) is 0 Å². The third kappa shape index (κ3) is 3.95. The maximum Gasteiger partial charge on any atom is 0.277 e. The van der Waals surface area contributed by atoms with Crippen molar-refractivity contribution in [2.75, 3.05) is 11.1 Å². The van der Waals surface area contributed by atoms with E-state index in [-0.39, 0.29) is 11.7 Å². The SMILES string of the molecule is O=C(CSc1nnc(-c2ccc(Br)cc2)o1)Nc1nc2ccccc2s1. The predicted octanol–water partition coefficient (Wildman–Crippen LogP) is 4.84. The Bertz CT molecular complexity index is 1030. The minimum Gasteiger partial charge on any atom is -0.411 e. The molecule has 4 aromatic rings. The van der Waals surface area contributed by atoms with E-state index in [9.17, 15) is 4.79 Å². The molecule has 0 fully saturated rings. The lowest BCUT2D eigenvalue weighted by Crippen LogP contribution is -2.13. The van der Waals surface area contributed by atoms with E-state index in [4.69, 9.17) is 4.42 Å². The molecular formula is C17H11BrN4O2S2. The van der Waals surface area contributed by atoms with Crippen LogP contribution in [0.2, 0.25) is 0 Å². The molecule has 6 nitrogen and oxygen atoms in total. The fourth-order valence-corrected chi connectivity index (χ4v) is 3.90. The smallest absolute Gasteiger partial charge is 0.277 e. The van der Waals surface area contributed by atoms with Crippen molar-refractivity contribution < 1.29 is 9.21 Å². The summed E-state index contributed by atoms with van der Waals surface area (Å²) < 4.78 is 7.60. The number of anilines is 1. The van der Waals surface area contributed by atoms with Crippen molar-refractivity contribution in [3.05, 3.63) is 53.0 Å². The number of aromatic nitrogens is 3. The van der Waals surface area contributed by atoms with Gasteiger partial charge in [0.1, 0.15) is 0 Å². The summed E-state index contributed by atoms with van der Waals surface area (Å²) in [6.45, 7) is 0. The van der Waals surface area contributed by atoms with Crippen LogP contribution in [-0.4, -0.2) is 26.8 Å². The lowest BCUT2D eigenvalue weighted by molar-refractivity contribution is -0.113. The number of hydrogen-bond acceptors (Lipinski definition) is 7. The van der Waals surface area contributed by atoms with E-state index in [1.165, 1.54) is 23.1 Å². The summed E-state index contributed by atoms with van der Waals surface area (Å²) in [6, 6.07) is 15.3. The number of fused-ring (bicyclic) bond motifs is 1. The minimum atomic E-state index is -0.169. The number of thiazole rings is 1. The fraction of sp³-hybridized carbons (Fsp3) is 0.0588. The Balaban J connectivity index is 1.36. The lowest BCUT2D eigenvalue weighted by Gasteiger charge is -1.98. The Morgan fingerprint density at radius 1 is 1.15 bits per heavy atom. The number of amides is 1. The summed E-state index contributed by atoms with van der Waals surface area (Å²) in [4.78, 5) is 16.5. The largest absolute Gasteiger partial charge is 0.411 e. The van der Waals surface area contributed by atoms with Crippen molar-refractivity contribution in [2.45, 2.75) is 5.22 Å². The van der Waals surface area contributed by atoms with E-state index in [1.807, 2.05) is 48.5 Å². The van der Waals surface area contributed by atoms with Crippen LogP contribution in [0.25, 0.3) is 21.7 Å². The number of halogens is 1. The Labute approximate surface area is 165 Å². The molecule has 0 aliphatic carbocycles. The Hall–Kier alpha value is -2.23. The first kappa shape index (κ1) is 17.2. The first-order valence-corrected chi connectivity index (χ1v) is 10.1. The molecule has 130 valence electrons. The van der Waals surface area contributed by atoms with Gasteiger partial charge in [0.2, 0.25) is 11.8 Å². The van der Waals surface area contributed by atoms with Crippen LogP contribution < -0.4 is 5.32 Å². The van der Waals surface area contributed by atoms with Gasteiger partial charge in [-0.15, -0.1) is 10.2 Å². The van der Waals surface area contributed by atoms with Crippen LogP contribution in [0.3, 0.4) is 0 Å². The van der Waals surface area contributed by atoms with Crippen LogP contribution >= 0.6 is 39.0 Å². The van der Waals surface area contributed by atoms with Crippen molar-refractivity contribution in [3.8, 4) is 11.5 Å². The molecule has 0 saturated carbocycles. The van der Waals surface area contributed by atoms with Crippen LogP contribution in [-0.2, 0) is 4.79 Å². The standard InChI is InChI=1S/C17H11BrN4O2S2/c18-11-7-5-10(6-8-11)15-21-22-17(24-15)25-9-14(23)20-16-19-12-3-1-2-4-13(12)26-16/h1-8H,9H2,(H,19,20,23). The van der Waals surface area contributed by atoms with E-state index in [2.05, 4.69) is 36.4 Å². The first-order valence-electron chi connectivity index (χ1n) is 7.55. The van der Waals surface area contributed by atoms with E-state index in [1.54, 1.807) is 0 Å². The summed E-state index contributed by atoms with van der Waals surface area (Å²) in [5.41, 5.74) is 1.70. The molecule has 0 radical (unpaired) electrons. The summed E-state index contributed by atoms with van der Waals surface area (Å²) in [5, 5.41) is 11.7. The highest BCUT2D eigenvalue weighted by atomic mass is 79.9. The highest BCUT2D eigenvalue weighted by Crippen LogP contribution is 2.27. The Morgan fingerprint density at radius 3 is 2.77 bits per heavy atom. The van der Waals surface area contributed by atoms with Gasteiger partial charge < -0.3 is 9.73 Å². The molecule has 0 spiro atoms. The average Bonchev–Trinajstić information content (AvgIpc) is 3.27. The number of nitrogens with zero attached hydrogens (tertiary/aromatic N) is 3. The summed E-state index contributed by atoms with van der Waals surface area (Å²) in [6.07, 6.45) is 0. The van der Waals surface area contributed by atoms with Crippen molar-refractivity contribution in [1.82, 2.24) is 15.2 Å². The predicted molar refractivity (Wildman–Crippen MR) is 106 cm³/mol. The van der Waals surface area contributed by atoms with Crippen LogP contribution in [0.5, 0.6) is 0 Å². The quantitative estimate of drug-likeness (QED) is 0.441. The van der Waals surface area contributed by atoms with Crippen LogP contribution in [0.4, 0.5) is 5.13 Å². The molecule has 1 N–H and O–H groups in total. The van der Waals surface area contributed by atoms with Crippen molar-refractivity contribution in [3.63, 3.8) is 0 Å². The van der Waals surface area contributed by atoms with Crippen molar-refractivity contribution in [2.24, 2.45) is 0 Å². The number of thioether (sulfide) groups is 1. The van der Waals surface area contributed by atoms with Gasteiger partial charge in [0.15, 0.2) is 5.13 Å². The second kappa shape index (κ2) is 7.56. The minimum absolute atomic E-state index is 0.165. The number of hydrogen-bond donors (Lipinski definition) is 1. The average molecular weight is 447 g/mol. The Kier molecular flexibility index (Phi) is 5.00. The van der Waals surface area contributed by atoms with Gasteiger partial charge in [0.05, 0.1) is 16.0 Å². The van der Waals surface area contributed by atoms with Gasteiger partial charge in [-0.05, 0) is 36.4 Å². The van der Waals surface area contributed by atoms with Crippen molar-refractivity contribution >= 4 is 60.3 Å². The van der Waals surface area contributed by atoms with Gasteiger partial charge in [0, 0.05) is 10.0 Å². The van der Waals surface area contributed by atoms with E-state index in [0.29, 0.717) is 16.2 Å². The molecule has 0 bridgehead atoms. The van der Waals surface area contributed by atoms with Crippen LogP contribution in [0.1, 0.15) is 0 Å². The first-order chi connectivity index (χ1) is 12.7. The Morgan fingerprint density at radius 2 is 1.96 bits per heavy atom. The third-order valence-corrected chi connectivity index (χ3v) is 5.66. The molecule has 4 rings (SSSR count). The zero-order valence-electron chi connectivity index (χ0n) is 13.2. The second-order valence-corrected chi connectivity index (χ2v) is 8.08. The highest BCUT2D eigenvalue weighted by molar-refractivity contribution is 9.10. The van der Waals surface area contributed by atoms with Crippen LogP contribution in [0, 0.1) is 0 Å². The maximum atomic E-state index is 12.1. The third-order valence-electron chi connectivity index (χ3n) is 3.36. The molecule has 0 aliphatic heterocycles. The monoisotopic (exact) mass is 446 g/mol. The van der Waals surface area contributed by atoms with Crippen molar-refractivity contribution in [1.29, 1.82) is 0 Å². The van der Waals surface area contributed by atoms with E-state index >= 15 is 0 Å². The van der Waals surface area contributed by atoms with Gasteiger partial charge in [0.25, 0.3) is 5.22 Å². The normalized spacial score (nSPS) is 11.0. The number of carbonyl (C=O) groups is 1. The molecule has 0 unspecified atom stereocenters.